The number of carbonyl (C=O) groups excluding carboxylic acids is 2. The van der Waals surface area contributed by atoms with Gasteiger partial charge in [0.25, 0.3) is 0 Å². The van der Waals surface area contributed by atoms with Crippen LogP contribution in [0, 0.1) is 0 Å². The number of thioether (sulfide) groups is 1. The Bertz CT molecular complexity index is 456. The average Bonchev–Trinajstić information content (AvgIpc) is 3.27. The Morgan fingerprint density at radius 1 is 1.38 bits per heavy atom. The van der Waals surface area contributed by atoms with E-state index in [0.717, 1.165) is 57.6 Å². The Balaban J connectivity index is 1.33. The third kappa shape index (κ3) is 4.36. The van der Waals surface area contributed by atoms with Crippen molar-refractivity contribution in [3.8, 4) is 0 Å². The first-order chi connectivity index (χ1) is 11.7. The fourth-order valence-electron chi connectivity index (χ4n) is 3.86. The summed E-state index contributed by atoms with van der Waals surface area (Å²) >= 11 is 1.94. The SMILES string of the molecule is CCN(CC1CCCO1)C(=O)CCCC[C@@H]1SC[C@@H]2NC(=O)N[C@@H]21. The summed E-state index contributed by atoms with van der Waals surface area (Å²) in [4.78, 5) is 25.7. The maximum Gasteiger partial charge on any atom is 0.315 e. The number of fused-ring (bicyclic) bond motifs is 1. The summed E-state index contributed by atoms with van der Waals surface area (Å²) in [5.74, 6) is 1.25. The van der Waals surface area contributed by atoms with Gasteiger partial charge < -0.3 is 20.3 Å². The topological polar surface area (TPSA) is 70.7 Å². The van der Waals surface area contributed by atoms with E-state index < -0.39 is 0 Å². The lowest BCUT2D eigenvalue weighted by molar-refractivity contribution is -0.132. The van der Waals surface area contributed by atoms with E-state index in [0.29, 0.717) is 11.7 Å². The zero-order chi connectivity index (χ0) is 16.9. The summed E-state index contributed by atoms with van der Waals surface area (Å²) in [5.41, 5.74) is 0. The molecule has 3 aliphatic rings. The van der Waals surface area contributed by atoms with Gasteiger partial charge in [-0.25, -0.2) is 4.79 Å². The lowest BCUT2D eigenvalue weighted by Crippen LogP contribution is -2.37. The Kier molecular flexibility index (Phi) is 6.27. The molecule has 24 heavy (non-hydrogen) atoms. The van der Waals surface area contributed by atoms with Gasteiger partial charge in [0.05, 0.1) is 18.2 Å². The molecule has 6 nitrogen and oxygen atoms in total. The van der Waals surface area contributed by atoms with Crippen LogP contribution in [0.1, 0.15) is 45.4 Å². The van der Waals surface area contributed by atoms with E-state index in [9.17, 15) is 9.59 Å². The Morgan fingerprint density at radius 2 is 2.25 bits per heavy atom. The summed E-state index contributed by atoms with van der Waals surface area (Å²) in [6.07, 6.45) is 6.08. The number of nitrogens with one attached hydrogen (secondary N) is 2. The molecule has 3 heterocycles. The molecule has 3 amide bonds. The lowest BCUT2D eigenvalue weighted by Gasteiger charge is -2.24. The minimum atomic E-state index is -0.0294. The number of carbonyl (C=O) groups is 2. The molecule has 3 saturated heterocycles. The van der Waals surface area contributed by atoms with Crippen molar-refractivity contribution in [2.24, 2.45) is 0 Å². The molecule has 0 saturated carbocycles. The number of rotatable bonds is 8. The van der Waals surface area contributed by atoms with Gasteiger partial charge in [0.15, 0.2) is 0 Å². The number of nitrogens with zero attached hydrogens (tertiary/aromatic N) is 1. The first-order valence-corrected chi connectivity index (χ1v) is 10.3. The van der Waals surface area contributed by atoms with Gasteiger partial charge >= 0.3 is 6.03 Å². The predicted molar refractivity (Wildman–Crippen MR) is 95.2 cm³/mol. The standard InChI is InChI=1S/C17H29N3O3S/c1-2-20(10-12-6-5-9-23-12)15(21)8-4-3-7-14-16-13(11-24-14)18-17(22)19-16/h12-14,16H,2-11H2,1H3,(H2,18,19,22)/t12?,13-,14-,16-/m0/s1. The molecule has 3 fully saturated rings. The van der Waals surface area contributed by atoms with Crippen LogP contribution in [0.3, 0.4) is 0 Å². The van der Waals surface area contributed by atoms with Crippen molar-refractivity contribution in [1.29, 1.82) is 0 Å². The summed E-state index contributed by atoms with van der Waals surface area (Å²) in [5, 5.41) is 6.48. The molecule has 0 radical (unpaired) electrons. The maximum atomic E-state index is 12.4. The van der Waals surface area contributed by atoms with Crippen LogP contribution in [0.2, 0.25) is 0 Å². The number of hydrogen-bond acceptors (Lipinski definition) is 4. The van der Waals surface area contributed by atoms with Crippen LogP contribution in [0.25, 0.3) is 0 Å². The molecule has 3 aliphatic heterocycles. The molecule has 0 aliphatic carbocycles. The molecule has 0 aromatic carbocycles. The van der Waals surface area contributed by atoms with Crippen molar-refractivity contribution in [1.82, 2.24) is 15.5 Å². The molecular weight excluding hydrogens is 326 g/mol. The average molecular weight is 356 g/mol. The second-order valence-corrected chi connectivity index (χ2v) is 8.21. The molecular formula is C17H29N3O3S. The van der Waals surface area contributed by atoms with Crippen LogP contribution in [0.4, 0.5) is 4.79 Å². The molecule has 136 valence electrons. The second kappa shape index (κ2) is 8.43. The molecule has 0 aromatic rings. The van der Waals surface area contributed by atoms with Crippen molar-refractivity contribution in [2.75, 3.05) is 25.4 Å². The largest absolute Gasteiger partial charge is 0.376 e. The maximum absolute atomic E-state index is 12.4. The molecule has 0 spiro atoms. The lowest BCUT2D eigenvalue weighted by atomic mass is 10.0. The zero-order valence-electron chi connectivity index (χ0n) is 14.5. The Morgan fingerprint density at radius 3 is 3.00 bits per heavy atom. The second-order valence-electron chi connectivity index (χ2n) is 6.94. The van der Waals surface area contributed by atoms with Crippen LogP contribution < -0.4 is 10.6 Å². The van der Waals surface area contributed by atoms with Gasteiger partial charge in [0, 0.05) is 37.1 Å². The summed E-state index contributed by atoms with van der Waals surface area (Å²) in [7, 11) is 0. The van der Waals surface area contributed by atoms with Gasteiger partial charge in [0.1, 0.15) is 0 Å². The third-order valence-electron chi connectivity index (χ3n) is 5.25. The Hall–Kier alpha value is -0.950. The van der Waals surface area contributed by atoms with E-state index in [1.165, 1.54) is 0 Å². The summed E-state index contributed by atoms with van der Waals surface area (Å²) in [6.45, 7) is 4.38. The molecule has 0 bridgehead atoms. The van der Waals surface area contributed by atoms with E-state index in [2.05, 4.69) is 10.6 Å². The number of amides is 3. The first-order valence-electron chi connectivity index (χ1n) is 9.25. The van der Waals surface area contributed by atoms with Crippen LogP contribution in [-0.2, 0) is 9.53 Å². The number of ether oxygens (including phenoxy) is 1. The minimum Gasteiger partial charge on any atom is -0.376 e. The van der Waals surface area contributed by atoms with Crippen LogP contribution >= 0.6 is 11.8 Å². The zero-order valence-corrected chi connectivity index (χ0v) is 15.3. The molecule has 4 atom stereocenters. The van der Waals surface area contributed by atoms with Crippen molar-refractivity contribution in [3.63, 3.8) is 0 Å². The van der Waals surface area contributed by atoms with Crippen LogP contribution in [-0.4, -0.2) is 65.7 Å². The van der Waals surface area contributed by atoms with Crippen molar-refractivity contribution < 1.29 is 14.3 Å². The number of likely N-dealkylation sites (N-methyl/N-ethyl adjacent to an activating group) is 1. The van der Waals surface area contributed by atoms with Gasteiger partial charge in [-0.05, 0) is 32.6 Å². The number of unbranched alkanes of at least 4 members (excludes halogenated alkanes) is 1. The number of hydrogen-bond donors (Lipinski definition) is 2. The van der Waals surface area contributed by atoms with E-state index in [4.69, 9.17) is 4.74 Å². The smallest absolute Gasteiger partial charge is 0.315 e. The fraction of sp³-hybridized carbons (Fsp3) is 0.882. The van der Waals surface area contributed by atoms with E-state index in [-0.39, 0.29) is 30.1 Å². The summed E-state index contributed by atoms with van der Waals surface area (Å²) in [6, 6.07) is 0.527. The molecule has 7 heteroatoms. The number of urea groups is 1. The molecule has 1 unspecified atom stereocenters. The normalized spacial score (nSPS) is 31.6. The van der Waals surface area contributed by atoms with Crippen molar-refractivity contribution in [2.45, 2.75) is 68.9 Å². The summed E-state index contributed by atoms with van der Waals surface area (Å²) < 4.78 is 5.64. The van der Waals surface area contributed by atoms with E-state index in [1.807, 2.05) is 23.6 Å². The minimum absolute atomic E-state index is 0.0294. The van der Waals surface area contributed by atoms with Gasteiger partial charge in [-0.1, -0.05) is 6.42 Å². The fourth-order valence-corrected chi connectivity index (χ4v) is 5.41. The monoisotopic (exact) mass is 355 g/mol. The van der Waals surface area contributed by atoms with E-state index >= 15 is 0 Å². The van der Waals surface area contributed by atoms with Crippen molar-refractivity contribution in [3.05, 3.63) is 0 Å². The predicted octanol–water partition coefficient (Wildman–Crippen LogP) is 1.74. The Labute approximate surface area is 148 Å². The highest BCUT2D eigenvalue weighted by Crippen LogP contribution is 2.33. The highest BCUT2D eigenvalue weighted by Gasteiger charge is 2.42. The molecule has 3 rings (SSSR count). The van der Waals surface area contributed by atoms with Gasteiger partial charge in [-0.15, -0.1) is 0 Å². The molecule has 0 aromatic heterocycles. The van der Waals surface area contributed by atoms with Crippen LogP contribution in [0.5, 0.6) is 0 Å². The quantitative estimate of drug-likeness (QED) is 0.514. The van der Waals surface area contributed by atoms with Crippen molar-refractivity contribution >= 4 is 23.7 Å². The highest BCUT2D eigenvalue weighted by molar-refractivity contribution is 8.00. The third-order valence-corrected chi connectivity index (χ3v) is 6.76. The van der Waals surface area contributed by atoms with E-state index in [1.54, 1.807) is 0 Å². The van der Waals surface area contributed by atoms with Gasteiger partial charge in [-0.3, -0.25) is 4.79 Å². The van der Waals surface area contributed by atoms with Gasteiger partial charge in [-0.2, -0.15) is 11.8 Å². The van der Waals surface area contributed by atoms with Gasteiger partial charge in [0.2, 0.25) is 5.91 Å². The molecule has 2 N–H and O–H groups in total. The van der Waals surface area contributed by atoms with Crippen LogP contribution in [0.15, 0.2) is 0 Å². The first kappa shape index (κ1) is 17.9. The highest BCUT2D eigenvalue weighted by atomic mass is 32.2.